The summed E-state index contributed by atoms with van der Waals surface area (Å²) < 4.78 is 0. The zero-order valence-corrected chi connectivity index (χ0v) is 11.8. The molecular formula is C16H21NO3. The Morgan fingerprint density at radius 2 is 1.90 bits per heavy atom. The van der Waals surface area contributed by atoms with Crippen molar-refractivity contribution in [2.75, 3.05) is 11.9 Å². The predicted octanol–water partition coefficient (Wildman–Crippen LogP) is 3.50. The molecule has 0 fully saturated rings. The van der Waals surface area contributed by atoms with E-state index in [-0.39, 0.29) is 5.78 Å². The first-order chi connectivity index (χ1) is 9.65. The van der Waals surface area contributed by atoms with E-state index in [2.05, 4.69) is 24.4 Å². The van der Waals surface area contributed by atoms with E-state index in [0.29, 0.717) is 11.3 Å². The summed E-state index contributed by atoms with van der Waals surface area (Å²) in [6.45, 7) is 2.85. The largest absolute Gasteiger partial charge is 0.481 e. The first-order valence-corrected chi connectivity index (χ1v) is 6.88. The molecule has 20 heavy (non-hydrogen) atoms. The zero-order chi connectivity index (χ0) is 14.8. The van der Waals surface area contributed by atoms with Gasteiger partial charge in [0.2, 0.25) is 0 Å². The molecule has 0 spiro atoms. The maximum absolute atomic E-state index is 11.8. The van der Waals surface area contributed by atoms with Gasteiger partial charge in [-0.3, -0.25) is 9.59 Å². The molecule has 4 heteroatoms. The third kappa shape index (κ3) is 5.69. The highest BCUT2D eigenvalue weighted by Crippen LogP contribution is 2.17. The van der Waals surface area contributed by atoms with Crippen LogP contribution in [0.4, 0.5) is 5.69 Å². The average Bonchev–Trinajstić information content (AvgIpc) is 2.42. The number of carboxylic acid groups (broad SMARTS) is 1. The quantitative estimate of drug-likeness (QED) is 0.313. The van der Waals surface area contributed by atoms with E-state index in [1.54, 1.807) is 18.2 Å². The highest BCUT2D eigenvalue weighted by atomic mass is 16.4. The SMILES string of the molecule is CCC/C=C/CCNc1ccccc1C(=O)CC(=O)O. The van der Waals surface area contributed by atoms with E-state index >= 15 is 0 Å². The summed E-state index contributed by atoms with van der Waals surface area (Å²) in [5.74, 6) is -1.48. The fraction of sp³-hybridized carbons (Fsp3) is 0.375. The normalized spacial score (nSPS) is 10.7. The number of benzene rings is 1. The van der Waals surface area contributed by atoms with Gasteiger partial charge < -0.3 is 10.4 Å². The van der Waals surface area contributed by atoms with Crippen molar-refractivity contribution < 1.29 is 14.7 Å². The fourth-order valence-electron chi connectivity index (χ4n) is 1.81. The van der Waals surface area contributed by atoms with E-state index in [0.717, 1.165) is 25.8 Å². The topological polar surface area (TPSA) is 66.4 Å². The minimum absolute atomic E-state index is 0.373. The van der Waals surface area contributed by atoms with Crippen molar-refractivity contribution in [1.82, 2.24) is 0 Å². The Morgan fingerprint density at radius 3 is 2.60 bits per heavy atom. The number of hydrogen-bond donors (Lipinski definition) is 2. The van der Waals surface area contributed by atoms with Gasteiger partial charge in [0.15, 0.2) is 5.78 Å². The van der Waals surface area contributed by atoms with E-state index in [1.807, 2.05) is 6.07 Å². The van der Waals surface area contributed by atoms with E-state index in [4.69, 9.17) is 5.11 Å². The van der Waals surface area contributed by atoms with Crippen LogP contribution in [0.5, 0.6) is 0 Å². The molecule has 1 aromatic carbocycles. The molecule has 0 aromatic heterocycles. The molecule has 0 radical (unpaired) electrons. The Morgan fingerprint density at radius 1 is 1.20 bits per heavy atom. The standard InChI is InChI=1S/C16H21NO3/c1-2-3-4-5-8-11-17-14-10-7-6-9-13(14)15(18)12-16(19)20/h4-7,9-10,17H,2-3,8,11-12H2,1H3,(H,19,20)/b5-4+. The number of carboxylic acids is 1. The van der Waals surface area contributed by atoms with Crippen LogP contribution in [-0.2, 0) is 4.79 Å². The third-order valence-corrected chi connectivity index (χ3v) is 2.79. The Kier molecular flexibility index (Phi) is 7.11. The summed E-state index contributed by atoms with van der Waals surface area (Å²) in [6.07, 6.45) is 6.86. The fourth-order valence-corrected chi connectivity index (χ4v) is 1.81. The zero-order valence-electron chi connectivity index (χ0n) is 11.8. The number of nitrogens with one attached hydrogen (secondary N) is 1. The second-order valence-corrected chi connectivity index (χ2v) is 4.51. The molecule has 2 N–H and O–H groups in total. The van der Waals surface area contributed by atoms with Gasteiger partial charge in [-0.15, -0.1) is 0 Å². The van der Waals surface area contributed by atoms with Gasteiger partial charge in [0, 0.05) is 17.8 Å². The van der Waals surface area contributed by atoms with Gasteiger partial charge in [-0.2, -0.15) is 0 Å². The van der Waals surface area contributed by atoms with Crippen LogP contribution in [-0.4, -0.2) is 23.4 Å². The van der Waals surface area contributed by atoms with Crippen molar-refractivity contribution in [2.24, 2.45) is 0 Å². The van der Waals surface area contributed by atoms with E-state index in [1.165, 1.54) is 0 Å². The monoisotopic (exact) mass is 275 g/mol. The molecule has 1 rings (SSSR count). The van der Waals surface area contributed by atoms with Gasteiger partial charge in [-0.1, -0.05) is 37.6 Å². The van der Waals surface area contributed by atoms with Crippen molar-refractivity contribution in [1.29, 1.82) is 0 Å². The molecule has 0 aliphatic rings. The van der Waals surface area contributed by atoms with Gasteiger partial charge in [-0.05, 0) is 25.0 Å². The number of allylic oxidation sites excluding steroid dienone is 1. The minimum atomic E-state index is -1.10. The van der Waals surface area contributed by atoms with Gasteiger partial charge in [0.1, 0.15) is 6.42 Å². The van der Waals surface area contributed by atoms with Gasteiger partial charge >= 0.3 is 5.97 Å². The van der Waals surface area contributed by atoms with Crippen molar-refractivity contribution in [3.8, 4) is 0 Å². The number of anilines is 1. The summed E-state index contributed by atoms with van der Waals surface area (Å²) >= 11 is 0. The maximum atomic E-state index is 11.8. The van der Waals surface area contributed by atoms with Crippen LogP contribution in [0.2, 0.25) is 0 Å². The van der Waals surface area contributed by atoms with Crippen molar-refractivity contribution in [2.45, 2.75) is 32.6 Å². The van der Waals surface area contributed by atoms with Crippen LogP contribution >= 0.6 is 0 Å². The molecule has 0 unspecified atom stereocenters. The van der Waals surface area contributed by atoms with Gasteiger partial charge in [0.25, 0.3) is 0 Å². The number of aliphatic carboxylic acids is 1. The number of rotatable bonds is 9. The highest BCUT2D eigenvalue weighted by Gasteiger charge is 2.13. The first-order valence-electron chi connectivity index (χ1n) is 6.88. The van der Waals surface area contributed by atoms with Crippen molar-refractivity contribution >= 4 is 17.4 Å². The highest BCUT2D eigenvalue weighted by molar-refractivity contribution is 6.08. The first kappa shape index (κ1) is 16.0. The average molecular weight is 275 g/mol. The number of para-hydroxylation sites is 1. The number of Topliss-reactive ketones (excluding diaryl/α,β-unsaturated/α-hetero) is 1. The molecule has 0 bridgehead atoms. The van der Waals surface area contributed by atoms with Crippen LogP contribution in [0.3, 0.4) is 0 Å². The second-order valence-electron chi connectivity index (χ2n) is 4.51. The molecule has 0 aliphatic heterocycles. The van der Waals surface area contributed by atoms with E-state index < -0.39 is 12.4 Å². The summed E-state index contributed by atoms with van der Waals surface area (Å²) in [4.78, 5) is 22.4. The lowest BCUT2D eigenvalue weighted by molar-refractivity contribution is -0.135. The van der Waals surface area contributed by atoms with Crippen molar-refractivity contribution in [3.05, 3.63) is 42.0 Å². The molecule has 0 aliphatic carbocycles. The maximum Gasteiger partial charge on any atom is 0.311 e. The van der Waals surface area contributed by atoms with Gasteiger partial charge in [-0.25, -0.2) is 0 Å². The van der Waals surface area contributed by atoms with Crippen LogP contribution < -0.4 is 5.32 Å². The smallest absolute Gasteiger partial charge is 0.311 e. The molecule has 0 atom stereocenters. The summed E-state index contributed by atoms with van der Waals surface area (Å²) in [5, 5.41) is 11.9. The molecule has 0 amide bonds. The molecule has 1 aromatic rings. The Balaban J connectivity index is 2.57. The Hall–Kier alpha value is -2.10. The molecule has 0 saturated carbocycles. The second kappa shape index (κ2) is 8.91. The van der Waals surface area contributed by atoms with Gasteiger partial charge in [0.05, 0.1) is 0 Å². The molecule has 0 heterocycles. The Labute approximate surface area is 119 Å². The van der Waals surface area contributed by atoms with Crippen LogP contribution in [0.15, 0.2) is 36.4 Å². The number of hydrogen-bond acceptors (Lipinski definition) is 3. The van der Waals surface area contributed by atoms with Crippen molar-refractivity contribution in [3.63, 3.8) is 0 Å². The molecular weight excluding hydrogens is 254 g/mol. The van der Waals surface area contributed by atoms with Crippen LogP contribution in [0.25, 0.3) is 0 Å². The third-order valence-electron chi connectivity index (χ3n) is 2.79. The van der Waals surface area contributed by atoms with Crippen LogP contribution in [0.1, 0.15) is 43.0 Å². The molecule has 4 nitrogen and oxygen atoms in total. The van der Waals surface area contributed by atoms with E-state index in [9.17, 15) is 9.59 Å². The lowest BCUT2D eigenvalue weighted by Crippen LogP contribution is -2.11. The summed E-state index contributed by atoms with van der Waals surface area (Å²) in [7, 11) is 0. The predicted molar refractivity (Wildman–Crippen MR) is 80.2 cm³/mol. The van der Waals surface area contributed by atoms with Crippen LogP contribution in [0, 0.1) is 0 Å². The lowest BCUT2D eigenvalue weighted by Gasteiger charge is -2.09. The number of unbranched alkanes of at least 4 members (excludes halogenated alkanes) is 1. The molecule has 0 saturated heterocycles. The Bertz CT molecular complexity index is 480. The number of ketones is 1. The minimum Gasteiger partial charge on any atom is -0.481 e. The number of carbonyl (C=O) groups is 2. The lowest BCUT2D eigenvalue weighted by atomic mass is 10.1. The molecule has 108 valence electrons. The summed E-state index contributed by atoms with van der Waals surface area (Å²) in [5.41, 5.74) is 1.13. The summed E-state index contributed by atoms with van der Waals surface area (Å²) in [6, 6.07) is 7.01. The number of carbonyl (C=O) groups excluding carboxylic acids is 1.